The number of anilines is 1. The molecule has 1 atom stereocenters. The van der Waals surface area contributed by atoms with Crippen molar-refractivity contribution in [1.29, 1.82) is 0 Å². The first-order valence-corrected chi connectivity index (χ1v) is 19.6. The highest BCUT2D eigenvalue weighted by Gasteiger charge is 2.37. The number of rotatable bonds is 0. The number of hydrogen-bond acceptors (Lipinski definition) is 23. The highest BCUT2D eigenvalue weighted by molar-refractivity contribution is 7.80. The molecule has 0 fully saturated rings. The molecule has 3 aromatic carbocycles. The van der Waals surface area contributed by atoms with Crippen molar-refractivity contribution in [3.8, 4) is 11.5 Å². The van der Waals surface area contributed by atoms with E-state index in [0.29, 0.717) is 39.0 Å². The van der Waals surface area contributed by atoms with Crippen LogP contribution in [0.2, 0.25) is 0 Å². The minimum atomic E-state index is -4.67. The summed E-state index contributed by atoms with van der Waals surface area (Å²) in [4.78, 5) is 54.0. The SMILES string of the molecule is N.N.N.N.N.N.N.N.O=S(=O)(O)O.O=S(=O)(O)O.O=S(=O)(O)O.O=S(=O)(O)O.O=c1ccc2c(=O)c3c4c(ccc3c(=O)c=2c1=O)NC1C(=[NH+]4)C=Cc2c1c(O)c1ccccc1c2O. The minimum Gasteiger partial charge on any atom is -0.507 e. The van der Waals surface area contributed by atoms with E-state index >= 15 is 0 Å². The van der Waals surface area contributed by atoms with Gasteiger partial charge < -0.3 is 64.7 Å². The largest absolute Gasteiger partial charge is 0.507 e. The highest BCUT2D eigenvalue weighted by Crippen LogP contribution is 2.46. The zero-order valence-electron chi connectivity index (χ0n) is 32.5. The maximum absolute atomic E-state index is 13.4. The molecule has 64 heavy (non-hydrogen) atoms. The number of phenolic OH excluding ortho intramolecular Hbond substituents is 2. The van der Waals surface area contributed by atoms with E-state index in [1.54, 1.807) is 42.5 Å². The molecule has 36 heteroatoms. The first-order chi connectivity index (χ1) is 25.4. The number of fused-ring (bicyclic) bond motifs is 7. The highest BCUT2D eigenvalue weighted by atomic mass is 32.3. The van der Waals surface area contributed by atoms with Crippen molar-refractivity contribution < 1.29 is 85.3 Å². The van der Waals surface area contributed by atoms with Crippen LogP contribution in [0.1, 0.15) is 17.2 Å². The third kappa shape index (κ3) is 18.4. The van der Waals surface area contributed by atoms with E-state index in [1.165, 1.54) is 12.1 Å². The molecule has 0 bridgehead atoms. The Labute approximate surface area is 359 Å². The molecule has 4 aliphatic rings. The fourth-order valence-electron chi connectivity index (χ4n) is 5.42. The van der Waals surface area contributed by atoms with Gasteiger partial charge in [-0.3, -0.25) is 55.6 Å². The molecule has 1 unspecified atom stereocenters. The Bertz CT molecular complexity index is 3090. The summed E-state index contributed by atoms with van der Waals surface area (Å²) in [6.45, 7) is 0. The van der Waals surface area contributed by atoms with Gasteiger partial charge in [-0.25, -0.2) is 4.99 Å². The lowest BCUT2D eigenvalue weighted by molar-refractivity contribution is -0.353. The molecule has 32 nitrogen and oxygen atoms in total. The van der Waals surface area contributed by atoms with Crippen LogP contribution in [0.5, 0.6) is 11.5 Å². The van der Waals surface area contributed by atoms with E-state index < -0.39 is 74.6 Å². The first kappa shape index (κ1) is 69.7. The standard InChI is InChI=1S/C28H14N2O6.8H3N.4H2O4S/c31-18-10-7-15-21(28(18)36)27(35)14-6-9-17-23(20(14)26(15)34)30-16-8-5-13-19(22(16)29-17)25(33)12-4-2-1-3-11(12)24(13)32;;;;;;;;;4*1-5(2,3)4/h1-10,22,29,32-33H;8*1H3;4*(H2,1,2,3,4)/p+1. The van der Waals surface area contributed by atoms with E-state index in [0.717, 1.165) is 6.07 Å². The van der Waals surface area contributed by atoms with Gasteiger partial charge >= 0.3 is 41.6 Å². The van der Waals surface area contributed by atoms with Crippen LogP contribution >= 0.6 is 0 Å². The second kappa shape index (κ2) is 25.4. The van der Waals surface area contributed by atoms with Gasteiger partial charge in [0, 0.05) is 38.6 Å². The van der Waals surface area contributed by atoms with E-state index in [4.69, 9.17) is 70.1 Å². The molecule has 7 rings (SSSR count). The summed E-state index contributed by atoms with van der Waals surface area (Å²) in [6, 6.07) is 11.7. The lowest BCUT2D eigenvalue weighted by atomic mass is 9.85. The molecule has 1 heterocycles. The summed E-state index contributed by atoms with van der Waals surface area (Å²) in [7, 11) is -18.7. The summed E-state index contributed by atoms with van der Waals surface area (Å²) in [6.07, 6.45) is 3.41. The van der Waals surface area contributed by atoms with Gasteiger partial charge in [0.25, 0.3) is 0 Å². The van der Waals surface area contributed by atoms with Gasteiger partial charge in [0.05, 0.1) is 5.22 Å². The monoisotopic (exact) mass is 1000 g/mol. The molecule has 1 aliphatic heterocycles. The molecule has 0 saturated carbocycles. The second-order valence-electron chi connectivity index (χ2n) is 10.7. The zero-order chi connectivity index (χ0) is 42.9. The minimum absolute atomic E-state index is 0. The average Bonchev–Trinajstić information content (AvgIpc) is 3.02. The lowest BCUT2D eigenvalue weighted by Gasteiger charge is -2.27. The lowest BCUT2D eigenvalue weighted by Crippen LogP contribution is -2.70. The van der Waals surface area contributed by atoms with Crippen LogP contribution in [0.3, 0.4) is 0 Å². The second-order valence-corrected chi connectivity index (χ2v) is 14.3. The maximum Gasteiger partial charge on any atom is 0.394 e. The normalized spacial score (nSPS) is 12.6. The van der Waals surface area contributed by atoms with Crippen LogP contribution < -0.4 is 81.2 Å². The van der Waals surface area contributed by atoms with Gasteiger partial charge in [-0.15, -0.1) is 0 Å². The van der Waals surface area contributed by atoms with Crippen LogP contribution in [0.15, 0.2) is 73.8 Å². The van der Waals surface area contributed by atoms with Crippen molar-refractivity contribution >= 4 is 86.3 Å². The number of aromatic hydroxyl groups is 2. The Balaban J connectivity index is -0.000000257. The Morgan fingerprint density at radius 2 is 0.922 bits per heavy atom. The average molecular weight is 1000 g/mol. The van der Waals surface area contributed by atoms with Crippen molar-refractivity contribution in [3.05, 3.63) is 117 Å². The first-order valence-electron chi connectivity index (χ1n) is 14.0. The molecule has 3 aliphatic carbocycles. The van der Waals surface area contributed by atoms with Crippen molar-refractivity contribution in [3.63, 3.8) is 0 Å². The summed E-state index contributed by atoms with van der Waals surface area (Å²) in [5.74, 6) is 0.0767. The summed E-state index contributed by atoms with van der Waals surface area (Å²) >= 11 is 0. The number of phenols is 2. The van der Waals surface area contributed by atoms with Crippen LogP contribution in [-0.4, -0.2) is 86.0 Å². The van der Waals surface area contributed by atoms with Crippen LogP contribution in [0, 0.1) is 10.4 Å². The maximum atomic E-state index is 13.4. The Morgan fingerprint density at radius 3 is 1.36 bits per heavy atom. The molecule has 3 aromatic rings. The quantitative estimate of drug-likeness (QED) is 0.0527. The zero-order valence-corrected chi connectivity index (χ0v) is 35.8. The van der Waals surface area contributed by atoms with E-state index in [1.807, 2.05) is 0 Å². The Hall–Kier alpha value is -5.95. The van der Waals surface area contributed by atoms with E-state index in [2.05, 4.69) is 10.3 Å². The van der Waals surface area contributed by atoms with Gasteiger partial charge in [0.1, 0.15) is 28.6 Å². The number of benzene rings is 3. The molecule has 0 spiro atoms. The van der Waals surface area contributed by atoms with Crippen LogP contribution in [0.25, 0.3) is 27.6 Å². The van der Waals surface area contributed by atoms with E-state index in [-0.39, 0.29) is 76.7 Å². The van der Waals surface area contributed by atoms with E-state index in [9.17, 15) is 29.4 Å². The smallest absolute Gasteiger partial charge is 0.394 e. The van der Waals surface area contributed by atoms with Crippen molar-refractivity contribution in [2.75, 3.05) is 5.32 Å². The van der Waals surface area contributed by atoms with Gasteiger partial charge in [-0.1, -0.05) is 24.3 Å². The van der Waals surface area contributed by atoms with Crippen molar-refractivity contribution in [1.82, 2.24) is 49.2 Å². The van der Waals surface area contributed by atoms with Crippen molar-refractivity contribution in [2.24, 2.45) is 0 Å². The number of hydrogen-bond donors (Lipinski definition) is 20. The summed E-state index contributed by atoms with van der Waals surface area (Å²) in [5.41, 5.74) is -0.606. The topological polar surface area (TPSA) is 713 Å². The summed E-state index contributed by atoms with van der Waals surface area (Å²) in [5, 5.41) is 26.1. The predicted molar refractivity (Wildman–Crippen MR) is 232 cm³/mol. The Morgan fingerprint density at radius 1 is 0.500 bits per heavy atom. The molecule has 0 saturated heterocycles. The predicted octanol–water partition coefficient (Wildman–Crippen LogP) is -0.523. The van der Waals surface area contributed by atoms with Crippen LogP contribution in [0.4, 0.5) is 11.4 Å². The summed E-state index contributed by atoms with van der Waals surface area (Å²) < 4.78 is 126. The molecular formula is C28H47N10O22S4+. The fraction of sp³-hybridized carbons (Fsp3) is 0.0357. The molecule has 0 amide bonds. The fourth-order valence-corrected chi connectivity index (χ4v) is 5.42. The van der Waals surface area contributed by atoms with Gasteiger partial charge in [0.2, 0.25) is 27.7 Å². The molecule has 0 radical (unpaired) electrons. The molecular weight excluding hydrogens is 957 g/mol. The van der Waals surface area contributed by atoms with Gasteiger partial charge in [-0.2, -0.15) is 33.7 Å². The van der Waals surface area contributed by atoms with Crippen molar-refractivity contribution in [2.45, 2.75) is 6.04 Å². The Kier molecular flexibility index (Phi) is 27.6. The van der Waals surface area contributed by atoms with Gasteiger partial charge in [-0.05, 0) is 30.3 Å². The molecule has 0 aromatic heterocycles. The molecule has 364 valence electrons. The van der Waals surface area contributed by atoms with Crippen LogP contribution in [-0.2, 0) is 41.6 Å². The molecule has 36 N–H and O–H groups in total. The third-order valence-electron chi connectivity index (χ3n) is 7.11. The number of nitrogens with one attached hydrogen (secondary N) is 2. The third-order valence-corrected chi connectivity index (χ3v) is 7.11. The van der Waals surface area contributed by atoms with Gasteiger partial charge in [0.15, 0.2) is 5.43 Å².